The smallest absolute Gasteiger partial charge is 0.210 e. The zero-order valence-electron chi connectivity index (χ0n) is 24.2. The van der Waals surface area contributed by atoms with Crippen molar-refractivity contribution in [1.82, 2.24) is 0 Å². The van der Waals surface area contributed by atoms with Gasteiger partial charge in [-0.3, -0.25) is 14.4 Å². The first-order valence-corrected chi connectivity index (χ1v) is 15.2. The molecule has 0 aromatic rings. The van der Waals surface area contributed by atoms with Crippen LogP contribution in [0, 0.1) is 0 Å². The van der Waals surface area contributed by atoms with Crippen LogP contribution in [0.1, 0.15) is 169 Å². The maximum atomic E-state index is 13.2. The summed E-state index contributed by atoms with van der Waals surface area (Å²) in [6, 6.07) is 0. The minimum atomic E-state index is -2.29. The molecule has 5 heteroatoms. The van der Waals surface area contributed by atoms with Crippen LogP contribution in [0.4, 0.5) is 0 Å². The van der Waals surface area contributed by atoms with E-state index in [1.165, 1.54) is 90.9 Å². The van der Waals surface area contributed by atoms with E-state index in [9.17, 15) is 24.6 Å². The Hall–Kier alpha value is -1.07. The largest absolute Gasteiger partial charge is 0.374 e. The van der Waals surface area contributed by atoms with E-state index in [4.69, 9.17) is 0 Å². The monoisotopic (exact) mass is 510 g/mol. The zero-order valence-corrected chi connectivity index (χ0v) is 24.2. The predicted molar refractivity (Wildman–Crippen MR) is 149 cm³/mol. The van der Waals surface area contributed by atoms with E-state index in [0.29, 0.717) is 12.8 Å². The highest BCUT2D eigenvalue weighted by molar-refractivity contribution is 6.20. The third-order valence-electron chi connectivity index (χ3n) is 7.70. The number of hydrogen-bond acceptors (Lipinski definition) is 5. The quantitative estimate of drug-likeness (QED) is 0.0914. The maximum Gasteiger partial charge on any atom is 0.210 e. The van der Waals surface area contributed by atoms with Crippen molar-refractivity contribution < 1.29 is 24.6 Å². The highest BCUT2D eigenvalue weighted by Crippen LogP contribution is 2.29. The molecule has 0 aromatic heterocycles. The summed E-state index contributed by atoms with van der Waals surface area (Å²) in [5.74, 6) is -2.40. The van der Waals surface area contributed by atoms with Crippen molar-refractivity contribution in [2.45, 2.75) is 180 Å². The Morgan fingerprint density at radius 1 is 0.444 bits per heavy atom. The second-order valence-electron chi connectivity index (χ2n) is 11.0. The molecule has 5 nitrogen and oxygen atoms in total. The zero-order chi connectivity index (χ0) is 27.3. The predicted octanol–water partition coefficient (Wildman–Crippen LogP) is 7.82. The lowest BCUT2D eigenvalue weighted by Gasteiger charge is -2.33. The fourth-order valence-electron chi connectivity index (χ4n) is 4.98. The van der Waals surface area contributed by atoms with Gasteiger partial charge in [0, 0.05) is 0 Å². The van der Waals surface area contributed by atoms with Gasteiger partial charge in [-0.2, -0.15) is 0 Å². The van der Waals surface area contributed by atoms with Gasteiger partial charge < -0.3 is 10.2 Å². The van der Waals surface area contributed by atoms with Crippen molar-refractivity contribution in [2.75, 3.05) is 0 Å². The number of carbonyl (C=O) groups excluding carboxylic acids is 3. The number of rotatable bonds is 26. The number of unbranched alkanes of at least 4 members (excludes halogenated alkanes) is 18. The van der Waals surface area contributed by atoms with Crippen molar-refractivity contribution in [3.05, 3.63) is 0 Å². The SMILES string of the molecule is CCCCCCCCCCCCC(O)(C(C)=O)C(=O)C(O)(CCCCCCCCCCCC)C(C)=O. The number of carbonyl (C=O) groups is 3. The lowest BCUT2D eigenvalue weighted by molar-refractivity contribution is -0.168. The Bertz CT molecular complexity index is 552. The summed E-state index contributed by atoms with van der Waals surface area (Å²) in [6.45, 7) is 6.77. The number of Topliss-reactive ketones (excluding diaryl/α,β-unsaturated/α-hetero) is 3. The van der Waals surface area contributed by atoms with E-state index < -0.39 is 28.6 Å². The van der Waals surface area contributed by atoms with Crippen molar-refractivity contribution in [3.63, 3.8) is 0 Å². The molecule has 0 amide bonds. The molecule has 0 bridgehead atoms. The molecular weight excluding hydrogens is 452 g/mol. The summed E-state index contributed by atoms with van der Waals surface area (Å²) in [4.78, 5) is 37.8. The van der Waals surface area contributed by atoms with Crippen LogP contribution in [0.2, 0.25) is 0 Å². The van der Waals surface area contributed by atoms with Crippen LogP contribution in [0.3, 0.4) is 0 Å². The van der Waals surface area contributed by atoms with Gasteiger partial charge in [-0.05, 0) is 39.5 Å². The topological polar surface area (TPSA) is 91.7 Å². The average molecular weight is 511 g/mol. The second kappa shape index (κ2) is 20.9. The van der Waals surface area contributed by atoms with E-state index in [1.54, 1.807) is 0 Å². The molecule has 0 aliphatic heterocycles. The van der Waals surface area contributed by atoms with Crippen LogP contribution in [0.5, 0.6) is 0 Å². The molecule has 0 saturated carbocycles. The summed E-state index contributed by atoms with van der Waals surface area (Å²) < 4.78 is 0. The van der Waals surface area contributed by atoms with Gasteiger partial charge in [0.25, 0.3) is 0 Å². The average Bonchev–Trinajstić information content (AvgIpc) is 2.85. The number of aliphatic hydroxyl groups is 2. The highest BCUT2D eigenvalue weighted by Gasteiger charge is 2.53. The molecule has 0 aromatic carbocycles. The van der Waals surface area contributed by atoms with Gasteiger partial charge >= 0.3 is 0 Å². The van der Waals surface area contributed by atoms with Gasteiger partial charge in [0.15, 0.2) is 22.8 Å². The fraction of sp³-hybridized carbons (Fsp3) is 0.903. The highest BCUT2D eigenvalue weighted by atomic mass is 16.3. The lowest BCUT2D eigenvalue weighted by Crippen LogP contribution is -2.59. The van der Waals surface area contributed by atoms with Crippen LogP contribution in [-0.2, 0) is 14.4 Å². The summed E-state index contributed by atoms with van der Waals surface area (Å²) in [5, 5.41) is 22.0. The minimum Gasteiger partial charge on any atom is -0.374 e. The summed E-state index contributed by atoms with van der Waals surface area (Å²) in [6.07, 6.45) is 21.8. The van der Waals surface area contributed by atoms with Crippen LogP contribution in [0.15, 0.2) is 0 Å². The summed E-state index contributed by atoms with van der Waals surface area (Å²) >= 11 is 0. The molecular formula is C31H58O5. The number of ketones is 3. The minimum absolute atomic E-state index is 0.0364. The van der Waals surface area contributed by atoms with E-state index in [0.717, 1.165) is 38.5 Å². The van der Waals surface area contributed by atoms with Gasteiger partial charge in [0.2, 0.25) is 5.78 Å². The van der Waals surface area contributed by atoms with Crippen LogP contribution < -0.4 is 0 Å². The second-order valence-corrected chi connectivity index (χ2v) is 11.0. The molecule has 0 aliphatic carbocycles. The lowest BCUT2D eigenvalue weighted by atomic mass is 9.75. The Morgan fingerprint density at radius 2 is 0.667 bits per heavy atom. The van der Waals surface area contributed by atoms with Gasteiger partial charge in [0.05, 0.1) is 0 Å². The molecule has 0 rings (SSSR count). The third kappa shape index (κ3) is 14.0. The normalized spacial score (nSPS) is 14.8. The first kappa shape index (κ1) is 34.9. The molecule has 212 valence electrons. The molecule has 36 heavy (non-hydrogen) atoms. The fourth-order valence-corrected chi connectivity index (χ4v) is 4.98. The molecule has 0 spiro atoms. The summed E-state index contributed by atoms with van der Waals surface area (Å²) in [5.41, 5.74) is -4.59. The molecule has 2 unspecified atom stereocenters. The summed E-state index contributed by atoms with van der Waals surface area (Å²) in [7, 11) is 0. The van der Waals surface area contributed by atoms with Gasteiger partial charge in [-0.25, -0.2) is 0 Å². The molecule has 0 saturated heterocycles. The van der Waals surface area contributed by atoms with E-state index in [-0.39, 0.29) is 12.8 Å². The third-order valence-corrected chi connectivity index (χ3v) is 7.70. The van der Waals surface area contributed by atoms with E-state index in [2.05, 4.69) is 13.8 Å². The van der Waals surface area contributed by atoms with Crippen molar-refractivity contribution in [2.24, 2.45) is 0 Å². The molecule has 0 heterocycles. The van der Waals surface area contributed by atoms with Gasteiger partial charge in [0.1, 0.15) is 0 Å². The molecule has 0 fully saturated rings. The van der Waals surface area contributed by atoms with Crippen LogP contribution in [-0.4, -0.2) is 38.8 Å². The van der Waals surface area contributed by atoms with E-state index in [1.807, 2.05) is 0 Å². The first-order valence-electron chi connectivity index (χ1n) is 15.2. The Labute approximate surface area is 222 Å². The van der Waals surface area contributed by atoms with Crippen molar-refractivity contribution >= 4 is 17.3 Å². The number of hydrogen-bond donors (Lipinski definition) is 2. The van der Waals surface area contributed by atoms with Crippen LogP contribution in [0.25, 0.3) is 0 Å². The van der Waals surface area contributed by atoms with Crippen molar-refractivity contribution in [3.8, 4) is 0 Å². The van der Waals surface area contributed by atoms with Gasteiger partial charge in [-0.15, -0.1) is 0 Å². The molecule has 0 radical (unpaired) electrons. The van der Waals surface area contributed by atoms with E-state index >= 15 is 0 Å². The molecule has 0 aliphatic rings. The molecule has 2 N–H and O–H groups in total. The first-order chi connectivity index (χ1) is 17.2. The standard InChI is InChI=1S/C31H58O5/c1-5-7-9-11-13-15-17-19-21-23-25-30(35,27(3)32)29(34)31(36,28(4)33)26-24-22-20-18-16-14-12-10-8-6-2/h35-36H,5-26H2,1-4H3. The van der Waals surface area contributed by atoms with Gasteiger partial charge in [-0.1, -0.05) is 129 Å². The Morgan fingerprint density at radius 3 is 0.889 bits per heavy atom. The van der Waals surface area contributed by atoms with Crippen LogP contribution >= 0.6 is 0 Å². The maximum absolute atomic E-state index is 13.2. The Balaban J connectivity index is 4.54. The van der Waals surface area contributed by atoms with Crippen molar-refractivity contribution in [1.29, 1.82) is 0 Å². The molecule has 2 atom stereocenters. The Kier molecular flexibility index (Phi) is 20.3.